The maximum atomic E-state index is 14.5. The average molecular weight is 679 g/mol. The van der Waals surface area contributed by atoms with Crippen molar-refractivity contribution < 1.29 is 22.7 Å². The molecule has 0 unspecified atom stereocenters. The van der Waals surface area contributed by atoms with Crippen LogP contribution in [0, 0.1) is 0 Å². The van der Waals surface area contributed by atoms with E-state index in [0.717, 1.165) is 15.4 Å². The fourth-order valence-corrected chi connectivity index (χ4v) is 6.60. The summed E-state index contributed by atoms with van der Waals surface area (Å²) in [5.41, 5.74) is 1.90. The Morgan fingerprint density at radius 1 is 0.841 bits per heavy atom. The first-order valence-corrected chi connectivity index (χ1v) is 16.4. The van der Waals surface area contributed by atoms with Crippen LogP contribution in [0.15, 0.2) is 119 Å². The molecule has 10 heteroatoms. The smallest absolute Gasteiger partial charge is 0.264 e. The number of nitrogens with one attached hydrogen (secondary N) is 1. The molecule has 0 spiro atoms. The summed E-state index contributed by atoms with van der Waals surface area (Å²) in [6.07, 6.45) is 0.234. The number of hydrogen-bond acceptors (Lipinski definition) is 5. The van der Waals surface area contributed by atoms with E-state index in [-0.39, 0.29) is 29.8 Å². The zero-order valence-electron chi connectivity index (χ0n) is 24.9. The molecule has 230 valence electrons. The summed E-state index contributed by atoms with van der Waals surface area (Å²) in [4.78, 5) is 29.7. The highest BCUT2D eigenvalue weighted by Crippen LogP contribution is 2.27. The van der Waals surface area contributed by atoms with Gasteiger partial charge in [-0.1, -0.05) is 82.7 Å². The van der Waals surface area contributed by atoms with E-state index in [2.05, 4.69) is 21.2 Å². The number of hydrogen-bond donors (Lipinski definition) is 1. The third-order valence-corrected chi connectivity index (χ3v) is 9.18. The van der Waals surface area contributed by atoms with Crippen molar-refractivity contribution in [1.82, 2.24) is 10.2 Å². The number of benzene rings is 4. The van der Waals surface area contributed by atoms with E-state index in [4.69, 9.17) is 4.74 Å². The van der Waals surface area contributed by atoms with Gasteiger partial charge in [-0.25, -0.2) is 8.42 Å². The van der Waals surface area contributed by atoms with E-state index in [0.29, 0.717) is 15.9 Å². The molecule has 0 bridgehead atoms. The van der Waals surface area contributed by atoms with E-state index >= 15 is 0 Å². The molecular formula is C34H36BrN3O5S. The van der Waals surface area contributed by atoms with Crippen LogP contribution in [0.2, 0.25) is 0 Å². The van der Waals surface area contributed by atoms with Crippen LogP contribution in [0.4, 0.5) is 5.69 Å². The molecule has 0 saturated carbocycles. The summed E-state index contributed by atoms with van der Waals surface area (Å²) in [6.45, 7) is 3.23. The summed E-state index contributed by atoms with van der Waals surface area (Å²) in [5, 5.41) is 2.96. The highest BCUT2D eigenvalue weighted by molar-refractivity contribution is 9.10. The topological polar surface area (TPSA) is 96.0 Å². The Morgan fingerprint density at radius 2 is 1.48 bits per heavy atom. The lowest BCUT2D eigenvalue weighted by molar-refractivity contribution is -0.140. The Labute approximate surface area is 267 Å². The first kappa shape index (κ1) is 32.8. The Kier molecular flexibility index (Phi) is 11.2. The number of halogens is 1. The highest BCUT2D eigenvalue weighted by Gasteiger charge is 2.35. The number of carbonyl (C=O) groups is 2. The van der Waals surface area contributed by atoms with Crippen molar-refractivity contribution in [3.8, 4) is 5.75 Å². The van der Waals surface area contributed by atoms with E-state index in [9.17, 15) is 18.0 Å². The maximum Gasteiger partial charge on any atom is 0.264 e. The van der Waals surface area contributed by atoms with Crippen molar-refractivity contribution in [1.29, 1.82) is 0 Å². The molecule has 44 heavy (non-hydrogen) atoms. The standard InChI is InChI=1S/C34H36BrN3O5S/c1-25(2)36-34(40)32(21-26-12-6-4-7-13-26)37(23-27-14-10-17-30(20-27)43-3)33(39)24-38(29-16-11-15-28(35)22-29)44(41,42)31-18-8-5-9-19-31/h4-20,22,25,32H,21,23-24H2,1-3H3,(H,36,40)/t32-/m1/s1. The number of methoxy groups -OCH3 is 1. The van der Waals surface area contributed by atoms with Gasteiger partial charge in [0.05, 0.1) is 17.7 Å². The minimum absolute atomic E-state index is 0.0468. The van der Waals surface area contributed by atoms with E-state index in [1.807, 2.05) is 56.3 Å². The lowest BCUT2D eigenvalue weighted by Gasteiger charge is -2.34. The Hall–Kier alpha value is -4.15. The Bertz CT molecular complexity index is 1670. The molecule has 1 N–H and O–H groups in total. The second-order valence-corrected chi connectivity index (χ2v) is 13.3. The summed E-state index contributed by atoms with van der Waals surface area (Å²) in [7, 11) is -2.61. The number of carbonyl (C=O) groups excluding carboxylic acids is 2. The van der Waals surface area contributed by atoms with Crippen molar-refractivity contribution in [3.05, 3.63) is 125 Å². The zero-order chi connectivity index (χ0) is 31.7. The maximum absolute atomic E-state index is 14.5. The van der Waals surface area contributed by atoms with Gasteiger partial charge in [-0.2, -0.15) is 0 Å². The lowest BCUT2D eigenvalue weighted by Crippen LogP contribution is -2.54. The number of rotatable bonds is 13. The lowest BCUT2D eigenvalue weighted by atomic mass is 10.0. The highest BCUT2D eigenvalue weighted by atomic mass is 79.9. The van der Waals surface area contributed by atoms with Crippen LogP contribution in [0.3, 0.4) is 0 Å². The van der Waals surface area contributed by atoms with E-state index in [1.165, 1.54) is 17.0 Å². The number of amides is 2. The van der Waals surface area contributed by atoms with Crippen LogP contribution in [-0.4, -0.2) is 50.9 Å². The molecule has 0 aromatic heterocycles. The number of sulfonamides is 1. The summed E-state index contributed by atoms with van der Waals surface area (Å²) in [5.74, 6) is -0.268. The predicted molar refractivity (Wildman–Crippen MR) is 176 cm³/mol. The largest absolute Gasteiger partial charge is 0.497 e. The Balaban J connectivity index is 1.81. The number of nitrogens with zero attached hydrogens (tertiary/aromatic N) is 2. The SMILES string of the molecule is COc1cccc(CN(C(=O)CN(c2cccc(Br)c2)S(=O)(=O)c2ccccc2)[C@H](Cc2ccccc2)C(=O)NC(C)C)c1. The van der Waals surface area contributed by atoms with Crippen LogP contribution in [-0.2, 0) is 32.6 Å². The van der Waals surface area contributed by atoms with Crippen LogP contribution in [0.1, 0.15) is 25.0 Å². The molecule has 0 aliphatic heterocycles. The van der Waals surface area contributed by atoms with Crippen LogP contribution in [0.5, 0.6) is 5.75 Å². The van der Waals surface area contributed by atoms with Gasteiger partial charge in [0.15, 0.2) is 0 Å². The van der Waals surface area contributed by atoms with Crippen LogP contribution in [0.25, 0.3) is 0 Å². The molecule has 2 amide bonds. The number of ether oxygens (including phenoxy) is 1. The third kappa shape index (κ3) is 8.48. The summed E-state index contributed by atoms with van der Waals surface area (Å²) in [6, 6.07) is 30.3. The van der Waals surface area contributed by atoms with Gasteiger partial charge in [0.25, 0.3) is 10.0 Å². The van der Waals surface area contributed by atoms with Crippen LogP contribution < -0.4 is 14.4 Å². The first-order chi connectivity index (χ1) is 21.1. The van der Waals surface area contributed by atoms with Crippen molar-refractivity contribution in [3.63, 3.8) is 0 Å². The van der Waals surface area contributed by atoms with Gasteiger partial charge in [0.2, 0.25) is 11.8 Å². The minimum atomic E-state index is -4.16. The molecule has 0 saturated heterocycles. The zero-order valence-corrected chi connectivity index (χ0v) is 27.3. The Morgan fingerprint density at radius 3 is 2.11 bits per heavy atom. The third-order valence-electron chi connectivity index (χ3n) is 6.90. The number of anilines is 1. The van der Waals surface area contributed by atoms with Crippen LogP contribution >= 0.6 is 15.9 Å². The normalized spacial score (nSPS) is 11.9. The van der Waals surface area contributed by atoms with Crippen molar-refractivity contribution in [2.75, 3.05) is 18.0 Å². The molecular weight excluding hydrogens is 642 g/mol. The molecule has 0 aliphatic carbocycles. The molecule has 0 fully saturated rings. The predicted octanol–water partition coefficient (Wildman–Crippen LogP) is 5.82. The second kappa shape index (κ2) is 15.0. The van der Waals surface area contributed by atoms with Gasteiger partial charge in [-0.3, -0.25) is 13.9 Å². The first-order valence-electron chi connectivity index (χ1n) is 14.2. The monoisotopic (exact) mass is 677 g/mol. The van der Waals surface area contributed by atoms with Gasteiger partial charge in [-0.05, 0) is 67.4 Å². The van der Waals surface area contributed by atoms with Crippen molar-refractivity contribution in [2.45, 2.75) is 43.8 Å². The van der Waals surface area contributed by atoms with Gasteiger partial charge in [0.1, 0.15) is 18.3 Å². The molecule has 4 aromatic carbocycles. The van der Waals surface area contributed by atoms with E-state index < -0.39 is 28.5 Å². The molecule has 4 rings (SSSR count). The molecule has 0 heterocycles. The second-order valence-electron chi connectivity index (χ2n) is 10.5. The minimum Gasteiger partial charge on any atom is -0.497 e. The molecule has 1 atom stereocenters. The summed E-state index contributed by atoms with van der Waals surface area (Å²) < 4.78 is 35.2. The summed E-state index contributed by atoms with van der Waals surface area (Å²) >= 11 is 3.43. The van der Waals surface area contributed by atoms with Gasteiger partial charge in [0, 0.05) is 23.5 Å². The molecule has 0 radical (unpaired) electrons. The van der Waals surface area contributed by atoms with Gasteiger partial charge >= 0.3 is 0 Å². The van der Waals surface area contributed by atoms with E-state index in [1.54, 1.807) is 61.7 Å². The van der Waals surface area contributed by atoms with Gasteiger partial charge in [-0.15, -0.1) is 0 Å². The van der Waals surface area contributed by atoms with Crippen molar-refractivity contribution in [2.24, 2.45) is 0 Å². The fraction of sp³-hybridized carbons (Fsp3) is 0.235. The molecule has 8 nitrogen and oxygen atoms in total. The average Bonchev–Trinajstić information content (AvgIpc) is 3.02. The molecule has 4 aromatic rings. The van der Waals surface area contributed by atoms with Gasteiger partial charge < -0.3 is 15.0 Å². The molecule has 0 aliphatic rings. The quantitative estimate of drug-likeness (QED) is 0.193. The fourth-order valence-electron chi connectivity index (χ4n) is 4.78. The van der Waals surface area contributed by atoms with Crippen molar-refractivity contribution >= 4 is 43.5 Å².